The van der Waals surface area contributed by atoms with Crippen LogP contribution < -0.4 is 9.47 Å². The maximum atomic E-state index is 9.74. The van der Waals surface area contributed by atoms with E-state index in [1.165, 1.54) is 0 Å². The van der Waals surface area contributed by atoms with Gasteiger partial charge in [0.2, 0.25) is 0 Å². The average Bonchev–Trinajstić information content (AvgIpc) is 2.28. The van der Waals surface area contributed by atoms with Crippen LogP contribution in [0.4, 0.5) is 0 Å². The lowest BCUT2D eigenvalue weighted by molar-refractivity contribution is 0.161. The summed E-state index contributed by atoms with van der Waals surface area (Å²) in [5.74, 6) is 1.44. The van der Waals surface area contributed by atoms with Crippen LogP contribution in [0.3, 0.4) is 0 Å². The molecule has 82 valence electrons. The zero-order valence-corrected chi connectivity index (χ0v) is 10.1. The Hall–Kier alpha value is -0.740. The molecular weight excluding hydrogens is 260 g/mol. The lowest BCUT2D eigenvalue weighted by Gasteiger charge is -2.21. The van der Waals surface area contributed by atoms with Crippen LogP contribution in [-0.4, -0.2) is 18.3 Å². The zero-order valence-electron chi connectivity index (χ0n) is 8.50. The molecule has 2 rings (SSSR count). The van der Waals surface area contributed by atoms with Gasteiger partial charge in [0.25, 0.3) is 0 Å². The molecule has 1 unspecified atom stereocenters. The minimum atomic E-state index is -0.447. The lowest BCUT2D eigenvalue weighted by atomic mass is 10.1. The molecule has 1 N–H and O–H groups in total. The van der Waals surface area contributed by atoms with Gasteiger partial charge in [-0.25, -0.2) is 0 Å². The van der Waals surface area contributed by atoms with Crippen LogP contribution in [-0.2, 0) is 0 Å². The van der Waals surface area contributed by atoms with E-state index >= 15 is 0 Å². The third kappa shape index (κ3) is 2.11. The van der Waals surface area contributed by atoms with Gasteiger partial charge in [0.1, 0.15) is 13.2 Å². The third-order valence-electron chi connectivity index (χ3n) is 2.39. The van der Waals surface area contributed by atoms with Gasteiger partial charge in [-0.2, -0.15) is 0 Å². The Morgan fingerprint density at radius 3 is 2.87 bits per heavy atom. The number of aliphatic hydroxyl groups excluding tert-OH is 1. The number of hydrogen-bond acceptors (Lipinski definition) is 3. The van der Waals surface area contributed by atoms with Gasteiger partial charge in [0.15, 0.2) is 11.5 Å². The Labute approximate surface area is 97.1 Å². The first-order valence-electron chi connectivity index (χ1n) is 4.99. The molecule has 1 aromatic rings. The minimum Gasteiger partial charge on any atom is -0.486 e. The number of fused-ring (bicyclic) bond motifs is 1. The molecule has 1 aliphatic heterocycles. The Morgan fingerprint density at radius 2 is 2.13 bits per heavy atom. The van der Waals surface area contributed by atoms with Crippen LogP contribution in [0.2, 0.25) is 0 Å². The van der Waals surface area contributed by atoms with Crippen molar-refractivity contribution < 1.29 is 14.6 Å². The molecule has 0 radical (unpaired) electrons. The van der Waals surface area contributed by atoms with Gasteiger partial charge in [0.05, 0.1) is 10.6 Å². The molecule has 0 amide bonds. The van der Waals surface area contributed by atoms with E-state index in [0.29, 0.717) is 25.4 Å². The fourth-order valence-electron chi connectivity index (χ4n) is 1.56. The van der Waals surface area contributed by atoms with Gasteiger partial charge < -0.3 is 14.6 Å². The summed E-state index contributed by atoms with van der Waals surface area (Å²) in [6.07, 6.45) is 0.239. The molecule has 1 aliphatic rings. The number of rotatable bonds is 2. The summed E-state index contributed by atoms with van der Waals surface area (Å²) in [6, 6.07) is 3.72. The van der Waals surface area contributed by atoms with Gasteiger partial charge in [-0.15, -0.1) is 0 Å². The van der Waals surface area contributed by atoms with Crippen LogP contribution in [0.25, 0.3) is 0 Å². The third-order valence-corrected chi connectivity index (χ3v) is 2.98. The summed E-state index contributed by atoms with van der Waals surface area (Å²) >= 11 is 3.41. The summed E-state index contributed by atoms with van der Waals surface area (Å²) in [5.41, 5.74) is 0.855. The smallest absolute Gasteiger partial charge is 0.175 e. The monoisotopic (exact) mass is 272 g/mol. The van der Waals surface area contributed by atoms with Crippen LogP contribution >= 0.6 is 15.9 Å². The Kier molecular flexibility index (Phi) is 3.17. The molecule has 15 heavy (non-hydrogen) atoms. The maximum absolute atomic E-state index is 9.74. The molecule has 4 heteroatoms. The molecule has 1 atom stereocenters. The fourth-order valence-corrected chi connectivity index (χ4v) is 2.13. The van der Waals surface area contributed by atoms with Crippen LogP contribution in [0.1, 0.15) is 25.0 Å². The molecule has 0 fully saturated rings. The Morgan fingerprint density at radius 1 is 1.40 bits per heavy atom. The number of benzene rings is 1. The number of ether oxygens (including phenoxy) is 2. The topological polar surface area (TPSA) is 38.7 Å². The van der Waals surface area contributed by atoms with Crippen LogP contribution in [0.15, 0.2) is 16.6 Å². The predicted molar refractivity (Wildman–Crippen MR) is 60.4 cm³/mol. The van der Waals surface area contributed by atoms with Crippen LogP contribution in [0.5, 0.6) is 11.5 Å². The largest absolute Gasteiger partial charge is 0.486 e. The highest BCUT2D eigenvalue weighted by Crippen LogP contribution is 2.40. The first-order valence-corrected chi connectivity index (χ1v) is 5.78. The van der Waals surface area contributed by atoms with Crippen molar-refractivity contribution in [1.29, 1.82) is 0 Å². The van der Waals surface area contributed by atoms with Crippen molar-refractivity contribution in [3.63, 3.8) is 0 Å². The second kappa shape index (κ2) is 4.41. The number of hydrogen-bond donors (Lipinski definition) is 1. The molecule has 0 saturated heterocycles. The molecule has 1 heterocycles. The summed E-state index contributed by atoms with van der Waals surface area (Å²) in [5, 5.41) is 9.74. The summed E-state index contributed by atoms with van der Waals surface area (Å²) in [4.78, 5) is 0. The highest BCUT2D eigenvalue weighted by atomic mass is 79.9. The molecule has 3 nitrogen and oxygen atoms in total. The van der Waals surface area contributed by atoms with Crippen molar-refractivity contribution in [3.05, 3.63) is 22.2 Å². The molecule has 0 saturated carbocycles. The molecule has 0 spiro atoms. The quantitative estimate of drug-likeness (QED) is 0.900. The SMILES string of the molecule is CCC(O)c1cc(Br)c2c(c1)OCCO2. The van der Waals surface area contributed by atoms with Crippen molar-refractivity contribution >= 4 is 15.9 Å². The highest BCUT2D eigenvalue weighted by molar-refractivity contribution is 9.10. The first-order chi connectivity index (χ1) is 7.22. The van der Waals surface area contributed by atoms with Gasteiger partial charge in [-0.05, 0) is 40.0 Å². The Bertz CT molecular complexity index is 365. The summed E-state index contributed by atoms with van der Waals surface area (Å²) in [6.45, 7) is 3.07. The van der Waals surface area contributed by atoms with Gasteiger partial charge in [-0.1, -0.05) is 6.92 Å². The number of halogens is 1. The first kappa shape index (κ1) is 10.8. The van der Waals surface area contributed by atoms with Crippen molar-refractivity contribution in [2.75, 3.05) is 13.2 Å². The van der Waals surface area contributed by atoms with E-state index in [1.807, 2.05) is 19.1 Å². The zero-order chi connectivity index (χ0) is 10.8. The second-order valence-corrected chi connectivity index (χ2v) is 4.31. The predicted octanol–water partition coefficient (Wildman–Crippen LogP) is 2.66. The molecule has 0 aromatic heterocycles. The molecule has 0 aliphatic carbocycles. The van der Waals surface area contributed by atoms with E-state index in [1.54, 1.807) is 0 Å². The molecule has 0 bridgehead atoms. The summed E-state index contributed by atoms with van der Waals surface area (Å²) in [7, 11) is 0. The molecular formula is C11H13BrO3. The van der Waals surface area contributed by atoms with E-state index < -0.39 is 6.10 Å². The molecule has 1 aromatic carbocycles. The van der Waals surface area contributed by atoms with E-state index in [0.717, 1.165) is 15.8 Å². The van der Waals surface area contributed by atoms with Crippen LogP contribution in [0, 0.1) is 0 Å². The number of aliphatic hydroxyl groups is 1. The fraction of sp³-hybridized carbons (Fsp3) is 0.455. The van der Waals surface area contributed by atoms with Crippen molar-refractivity contribution in [3.8, 4) is 11.5 Å². The van der Waals surface area contributed by atoms with Crippen molar-refractivity contribution in [2.24, 2.45) is 0 Å². The highest BCUT2D eigenvalue weighted by Gasteiger charge is 2.18. The van der Waals surface area contributed by atoms with Gasteiger partial charge in [-0.3, -0.25) is 0 Å². The van der Waals surface area contributed by atoms with E-state index in [4.69, 9.17) is 9.47 Å². The second-order valence-electron chi connectivity index (χ2n) is 3.45. The van der Waals surface area contributed by atoms with Crippen molar-refractivity contribution in [2.45, 2.75) is 19.4 Å². The van der Waals surface area contributed by atoms with Gasteiger partial charge >= 0.3 is 0 Å². The maximum Gasteiger partial charge on any atom is 0.175 e. The summed E-state index contributed by atoms with van der Waals surface area (Å²) < 4.78 is 11.8. The Balaban J connectivity index is 2.40. The van der Waals surface area contributed by atoms with E-state index in [9.17, 15) is 5.11 Å². The average molecular weight is 273 g/mol. The standard InChI is InChI=1S/C11H13BrO3/c1-2-9(13)7-5-8(12)11-10(6-7)14-3-4-15-11/h5-6,9,13H,2-4H2,1H3. The minimum absolute atomic E-state index is 0.447. The normalized spacial score (nSPS) is 16.2. The van der Waals surface area contributed by atoms with E-state index in [-0.39, 0.29) is 0 Å². The lowest BCUT2D eigenvalue weighted by Crippen LogP contribution is -2.16. The van der Waals surface area contributed by atoms with Crippen molar-refractivity contribution in [1.82, 2.24) is 0 Å². The van der Waals surface area contributed by atoms with E-state index in [2.05, 4.69) is 15.9 Å². The van der Waals surface area contributed by atoms with Gasteiger partial charge in [0, 0.05) is 0 Å².